The Morgan fingerprint density at radius 3 is 2.58 bits per heavy atom. The van der Waals surface area contributed by atoms with Crippen LogP contribution < -0.4 is 9.47 Å². The Bertz CT molecular complexity index is 431. The maximum absolute atomic E-state index is 12.3. The van der Waals surface area contributed by atoms with Crippen LogP contribution in [0.5, 0.6) is 11.5 Å². The zero-order chi connectivity index (χ0) is 14.4. The van der Waals surface area contributed by atoms with Crippen molar-refractivity contribution in [3.8, 4) is 11.5 Å². The number of amides is 1. The van der Waals surface area contributed by atoms with E-state index in [1.54, 1.807) is 44.2 Å². The molecule has 0 aliphatic heterocycles. The molecule has 106 valence electrons. The normalized spacial score (nSPS) is 11.8. The average Bonchev–Trinajstić information content (AvgIpc) is 2.42. The van der Waals surface area contributed by atoms with Gasteiger partial charge in [0.25, 0.3) is 5.91 Å². The molecule has 1 aromatic rings. The molecule has 0 bridgehead atoms. The average molecular weight is 267 g/mol. The second kappa shape index (κ2) is 6.99. The zero-order valence-electron chi connectivity index (χ0n) is 11.8. The lowest BCUT2D eigenvalue weighted by Crippen LogP contribution is -2.29. The third-order valence-electron chi connectivity index (χ3n) is 2.87. The van der Waals surface area contributed by atoms with Crippen molar-refractivity contribution >= 4 is 5.91 Å². The molecule has 1 N–H and O–H groups in total. The molecule has 5 heteroatoms. The summed E-state index contributed by atoms with van der Waals surface area (Å²) < 4.78 is 10.3. The number of methoxy groups -OCH3 is 2. The molecule has 0 aromatic heterocycles. The molecule has 0 saturated carbocycles. The van der Waals surface area contributed by atoms with Crippen molar-refractivity contribution in [2.75, 3.05) is 27.8 Å². The number of rotatable bonds is 6. The fourth-order valence-corrected chi connectivity index (χ4v) is 1.66. The summed E-state index contributed by atoms with van der Waals surface area (Å²) in [5.41, 5.74) is 0.483. The standard InChI is InChI=1S/C14H21NO4/c1-10(16)7-8-15(2)14(17)12-6-5-11(18-3)9-13(12)19-4/h5-6,9-10,16H,7-8H2,1-4H3. The first-order valence-electron chi connectivity index (χ1n) is 6.15. The lowest BCUT2D eigenvalue weighted by molar-refractivity contribution is 0.0765. The van der Waals surface area contributed by atoms with E-state index in [2.05, 4.69) is 0 Å². The molecule has 0 spiro atoms. The van der Waals surface area contributed by atoms with E-state index in [9.17, 15) is 9.90 Å². The first-order valence-corrected chi connectivity index (χ1v) is 6.15. The largest absolute Gasteiger partial charge is 0.497 e. The van der Waals surface area contributed by atoms with E-state index in [0.717, 1.165) is 0 Å². The summed E-state index contributed by atoms with van der Waals surface area (Å²) in [7, 11) is 4.78. The molecule has 1 rings (SSSR count). The summed E-state index contributed by atoms with van der Waals surface area (Å²) in [6, 6.07) is 5.08. The van der Waals surface area contributed by atoms with Crippen LogP contribution in [0, 0.1) is 0 Å². The topological polar surface area (TPSA) is 59.0 Å². The minimum Gasteiger partial charge on any atom is -0.497 e. The number of benzene rings is 1. The van der Waals surface area contributed by atoms with Crippen LogP contribution in [-0.2, 0) is 0 Å². The van der Waals surface area contributed by atoms with Crippen molar-refractivity contribution in [3.05, 3.63) is 23.8 Å². The van der Waals surface area contributed by atoms with Gasteiger partial charge in [-0.05, 0) is 25.5 Å². The summed E-state index contributed by atoms with van der Waals surface area (Å²) in [6.45, 7) is 2.19. The molecule has 1 aromatic carbocycles. The SMILES string of the molecule is COc1ccc(C(=O)N(C)CCC(C)O)c(OC)c1. The van der Waals surface area contributed by atoms with Crippen LogP contribution in [0.3, 0.4) is 0 Å². The van der Waals surface area contributed by atoms with Crippen molar-refractivity contribution in [1.29, 1.82) is 0 Å². The molecule has 0 heterocycles. The highest BCUT2D eigenvalue weighted by Crippen LogP contribution is 2.25. The first-order chi connectivity index (χ1) is 8.99. The molecule has 0 fully saturated rings. The van der Waals surface area contributed by atoms with Gasteiger partial charge in [-0.25, -0.2) is 0 Å². The van der Waals surface area contributed by atoms with E-state index in [-0.39, 0.29) is 5.91 Å². The van der Waals surface area contributed by atoms with Crippen LogP contribution in [0.2, 0.25) is 0 Å². The maximum atomic E-state index is 12.3. The van der Waals surface area contributed by atoms with Gasteiger partial charge >= 0.3 is 0 Å². The van der Waals surface area contributed by atoms with Crippen LogP contribution in [0.4, 0.5) is 0 Å². The highest BCUT2D eigenvalue weighted by atomic mass is 16.5. The maximum Gasteiger partial charge on any atom is 0.257 e. The summed E-state index contributed by atoms with van der Waals surface area (Å²) >= 11 is 0. The van der Waals surface area contributed by atoms with Gasteiger partial charge in [0.05, 0.1) is 25.9 Å². The minimum atomic E-state index is -0.423. The van der Waals surface area contributed by atoms with Crippen LogP contribution in [0.15, 0.2) is 18.2 Å². The van der Waals surface area contributed by atoms with E-state index in [0.29, 0.717) is 30.0 Å². The van der Waals surface area contributed by atoms with E-state index >= 15 is 0 Å². The summed E-state index contributed by atoms with van der Waals surface area (Å²) in [5.74, 6) is 0.980. The van der Waals surface area contributed by atoms with E-state index < -0.39 is 6.10 Å². The number of carbonyl (C=O) groups excluding carboxylic acids is 1. The zero-order valence-corrected chi connectivity index (χ0v) is 11.8. The van der Waals surface area contributed by atoms with Crippen LogP contribution in [0.25, 0.3) is 0 Å². The van der Waals surface area contributed by atoms with Gasteiger partial charge in [-0.1, -0.05) is 0 Å². The molecule has 1 unspecified atom stereocenters. The van der Waals surface area contributed by atoms with Crippen LogP contribution in [0.1, 0.15) is 23.7 Å². The Hall–Kier alpha value is -1.75. The van der Waals surface area contributed by atoms with E-state index in [4.69, 9.17) is 9.47 Å². The minimum absolute atomic E-state index is 0.139. The molecule has 0 aliphatic rings. The van der Waals surface area contributed by atoms with Gasteiger partial charge in [-0.3, -0.25) is 4.79 Å². The second-order valence-corrected chi connectivity index (χ2v) is 4.43. The van der Waals surface area contributed by atoms with Crippen LogP contribution >= 0.6 is 0 Å². The molecular weight excluding hydrogens is 246 g/mol. The lowest BCUT2D eigenvalue weighted by atomic mass is 10.1. The Labute approximate surface area is 113 Å². The smallest absolute Gasteiger partial charge is 0.257 e. The summed E-state index contributed by atoms with van der Waals surface area (Å²) in [6.07, 6.45) is 0.119. The molecule has 1 amide bonds. The third kappa shape index (κ3) is 4.13. The number of aliphatic hydroxyl groups is 1. The molecule has 19 heavy (non-hydrogen) atoms. The fraction of sp³-hybridized carbons (Fsp3) is 0.500. The molecule has 0 radical (unpaired) electrons. The Balaban J connectivity index is 2.86. The molecule has 1 atom stereocenters. The monoisotopic (exact) mass is 267 g/mol. The van der Waals surface area contributed by atoms with Gasteiger partial charge in [0.1, 0.15) is 11.5 Å². The second-order valence-electron chi connectivity index (χ2n) is 4.43. The van der Waals surface area contributed by atoms with Gasteiger partial charge in [0, 0.05) is 19.7 Å². The van der Waals surface area contributed by atoms with Gasteiger partial charge in [-0.15, -0.1) is 0 Å². The highest BCUT2D eigenvalue weighted by molar-refractivity contribution is 5.97. The Kier molecular flexibility index (Phi) is 5.63. The van der Waals surface area contributed by atoms with Gasteiger partial charge in [-0.2, -0.15) is 0 Å². The van der Waals surface area contributed by atoms with Crippen molar-refractivity contribution in [3.63, 3.8) is 0 Å². The number of carbonyl (C=O) groups is 1. The highest BCUT2D eigenvalue weighted by Gasteiger charge is 2.17. The third-order valence-corrected chi connectivity index (χ3v) is 2.87. The molecule has 0 saturated heterocycles. The van der Waals surface area contributed by atoms with E-state index in [1.807, 2.05) is 0 Å². The van der Waals surface area contributed by atoms with Crippen molar-refractivity contribution < 1.29 is 19.4 Å². The number of ether oxygens (including phenoxy) is 2. The molecule has 5 nitrogen and oxygen atoms in total. The van der Waals surface area contributed by atoms with Gasteiger partial charge < -0.3 is 19.5 Å². The first kappa shape index (κ1) is 15.3. The predicted octanol–water partition coefficient (Wildman–Crippen LogP) is 1.55. The Morgan fingerprint density at radius 1 is 1.37 bits per heavy atom. The summed E-state index contributed by atoms with van der Waals surface area (Å²) in [5, 5.41) is 9.24. The number of aliphatic hydroxyl groups excluding tert-OH is 1. The van der Waals surface area contributed by atoms with Gasteiger partial charge in [0.2, 0.25) is 0 Å². The number of hydrogen-bond donors (Lipinski definition) is 1. The molecule has 0 aliphatic carbocycles. The molecular formula is C14H21NO4. The summed E-state index contributed by atoms with van der Waals surface area (Å²) in [4.78, 5) is 13.8. The quantitative estimate of drug-likeness (QED) is 0.849. The number of nitrogens with zero attached hydrogens (tertiary/aromatic N) is 1. The fourth-order valence-electron chi connectivity index (χ4n) is 1.66. The lowest BCUT2D eigenvalue weighted by Gasteiger charge is -2.19. The van der Waals surface area contributed by atoms with Crippen molar-refractivity contribution in [1.82, 2.24) is 4.90 Å². The Morgan fingerprint density at radius 2 is 2.05 bits per heavy atom. The predicted molar refractivity (Wildman–Crippen MR) is 72.8 cm³/mol. The van der Waals surface area contributed by atoms with Crippen molar-refractivity contribution in [2.45, 2.75) is 19.4 Å². The van der Waals surface area contributed by atoms with Crippen LogP contribution in [-0.4, -0.2) is 49.8 Å². The van der Waals surface area contributed by atoms with Gasteiger partial charge in [0.15, 0.2) is 0 Å². The van der Waals surface area contributed by atoms with Crippen molar-refractivity contribution in [2.24, 2.45) is 0 Å². The van der Waals surface area contributed by atoms with E-state index in [1.165, 1.54) is 7.11 Å². The number of hydrogen-bond acceptors (Lipinski definition) is 4.